The van der Waals surface area contributed by atoms with E-state index >= 15 is 0 Å². The van der Waals surface area contributed by atoms with Gasteiger partial charge in [0.2, 0.25) is 0 Å². The summed E-state index contributed by atoms with van der Waals surface area (Å²) >= 11 is 0. The maximum Gasteiger partial charge on any atom is 0.161 e. The highest BCUT2D eigenvalue weighted by Gasteiger charge is 2.26. The molecule has 1 aliphatic rings. The standard InChI is InChI=1S/C17H27NO3/c1-4-9-21-16-6-5-13(11-17(16)20-3)10-14-12-18(2)8-7-15(14)19/h5-6,11,14-15,19H,4,7-10,12H2,1-3H3. The van der Waals surface area contributed by atoms with Gasteiger partial charge < -0.3 is 19.5 Å². The van der Waals surface area contributed by atoms with Crippen molar-refractivity contribution in [2.24, 2.45) is 5.92 Å². The van der Waals surface area contributed by atoms with Crippen LogP contribution in [0.25, 0.3) is 0 Å². The smallest absolute Gasteiger partial charge is 0.161 e. The van der Waals surface area contributed by atoms with Crippen molar-refractivity contribution in [2.75, 3.05) is 33.9 Å². The molecule has 1 fully saturated rings. The summed E-state index contributed by atoms with van der Waals surface area (Å²) in [7, 11) is 3.78. The Morgan fingerprint density at radius 3 is 2.86 bits per heavy atom. The van der Waals surface area contributed by atoms with Gasteiger partial charge in [-0.15, -0.1) is 0 Å². The molecule has 0 radical (unpaired) electrons. The largest absolute Gasteiger partial charge is 0.493 e. The van der Waals surface area contributed by atoms with Gasteiger partial charge >= 0.3 is 0 Å². The molecule has 4 heteroatoms. The van der Waals surface area contributed by atoms with Crippen molar-refractivity contribution < 1.29 is 14.6 Å². The number of methoxy groups -OCH3 is 1. The molecule has 0 aliphatic carbocycles. The van der Waals surface area contributed by atoms with E-state index in [4.69, 9.17) is 9.47 Å². The fourth-order valence-corrected chi connectivity index (χ4v) is 2.88. The predicted molar refractivity (Wildman–Crippen MR) is 84.1 cm³/mol. The van der Waals surface area contributed by atoms with Gasteiger partial charge in [0.1, 0.15) is 0 Å². The second kappa shape index (κ2) is 7.66. The zero-order chi connectivity index (χ0) is 15.2. The molecule has 2 rings (SSSR count). The van der Waals surface area contributed by atoms with Crippen LogP contribution in [0.4, 0.5) is 0 Å². The lowest BCUT2D eigenvalue weighted by molar-refractivity contribution is 0.0366. The average molecular weight is 293 g/mol. The molecular weight excluding hydrogens is 266 g/mol. The Bertz CT molecular complexity index is 450. The predicted octanol–water partition coefficient (Wildman–Crippen LogP) is 2.34. The molecule has 118 valence electrons. The monoisotopic (exact) mass is 293 g/mol. The Morgan fingerprint density at radius 1 is 1.33 bits per heavy atom. The van der Waals surface area contributed by atoms with Gasteiger partial charge in [0.15, 0.2) is 11.5 Å². The number of ether oxygens (including phenoxy) is 2. The van der Waals surface area contributed by atoms with Crippen molar-refractivity contribution in [1.82, 2.24) is 4.90 Å². The highest BCUT2D eigenvalue weighted by atomic mass is 16.5. The van der Waals surface area contributed by atoms with Gasteiger partial charge in [-0.2, -0.15) is 0 Å². The minimum absolute atomic E-state index is 0.205. The molecule has 2 unspecified atom stereocenters. The molecule has 1 aromatic rings. The van der Waals surface area contributed by atoms with Crippen LogP contribution in [-0.2, 0) is 6.42 Å². The van der Waals surface area contributed by atoms with Crippen molar-refractivity contribution in [2.45, 2.75) is 32.3 Å². The zero-order valence-electron chi connectivity index (χ0n) is 13.3. The first kappa shape index (κ1) is 16.1. The molecule has 0 aromatic heterocycles. The third kappa shape index (κ3) is 4.35. The van der Waals surface area contributed by atoms with Crippen LogP contribution in [0.5, 0.6) is 11.5 Å². The van der Waals surface area contributed by atoms with Gasteiger partial charge in [0.05, 0.1) is 19.8 Å². The first-order valence-electron chi connectivity index (χ1n) is 7.80. The molecule has 2 atom stereocenters. The molecule has 4 nitrogen and oxygen atoms in total. The number of hydrogen-bond donors (Lipinski definition) is 1. The first-order valence-corrected chi connectivity index (χ1v) is 7.80. The lowest BCUT2D eigenvalue weighted by Gasteiger charge is -2.34. The Kier molecular flexibility index (Phi) is 5.88. The van der Waals surface area contributed by atoms with Gasteiger partial charge in [0.25, 0.3) is 0 Å². The van der Waals surface area contributed by atoms with Crippen molar-refractivity contribution in [3.05, 3.63) is 23.8 Å². The lowest BCUT2D eigenvalue weighted by Crippen LogP contribution is -2.41. The number of likely N-dealkylation sites (tertiary alicyclic amines) is 1. The Balaban J connectivity index is 2.06. The van der Waals surface area contributed by atoms with Gasteiger partial charge in [-0.1, -0.05) is 13.0 Å². The number of rotatable bonds is 6. The minimum Gasteiger partial charge on any atom is -0.493 e. The van der Waals surface area contributed by atoms with E-state index in [1.54, 1.807) is 7.11 Å². The summed E-state index contributed by atoms with van der Waals surface area (Å²) in [5.74, 6) is 1.86. The zero-order valence-corrected chi connectivity index (χ0v) is 13.3. The van der Waals surface area contributed by atoms with Crippen LogP contribution in [0.1, 0.15) is 25.3 Å². The third-order valence-electron chi connectivity index (χ3n) is 4.08. The van der Waals surface area contributed by atoms with Crippen molar-refractivity contribution in [1.29, 1.82) is 0 Å². The Labute approximate surface area is 127 Å². The average Bonchev–Trinajstić information content (AvgIpc) is 2.49. The topological polar surface area (TPSA) is 41.9 Å². The maximum absolute atomic E-state index is 10.2. The number of nitrogens with zero attached hydrogens (tertiary/aromatic N) is 1. The van der Waals surface area contributed by atoms with E-state index in [9.17, 15) is 5.11 Å². The van der Waals surface area contributed by atoms with Crippen LogP contribution in [0.15, 0.2) is 18.2 Å². The second-order valence-electron chi connectivity index (χ2n) is 5.92. The number of hydrogen-bond acceptors (Lipinski definition) is 4. The molecule has 0 spiro atoms. The molecule has 21 heavy (non-hydrogen) atoms. The molecule has 0 amide bonds. The first-order chi connectivity index (χ1) is 10.1. The van der Waals surface area contributed by atoms with Crippen LogP contribution in [0.2, 0.25) is 0 Å². The van der Waals surface area contributed by atoms with E-state index in [0.717, 1.165) is 43.9 Å². The van der Waals surface area contributed by atoms with Crippen molar-refractivity contribution in [3.8, 4) is 11.5 Å². The van der Waals surface area contributed by atoms with Gasteiger partial charge in [-0.25, -0.2) is 0 Å². The van der Waals surface area contributed by atoms with Gasteiger partial charge in [-0.05, 0) is 44.0 Å². The van der Waals surface area contributed by atoms with E-state index in [1.165, 1.54) is 5.56 Å². The maximum atomic E-state index is 10.2. The minimum atomic E-state index is -0.205. The van der Waals surface area contributed by atoms with E-state index < -0.39 is 0 Å². The molecular formula is C17H27NO3. The summed E-state index contributed by atoms with van der Waals surface area (Å²) in [5.41, 5.74) is 1.19. The molecule has 0 saturated carbocycles. The van der Waals surface area contributed by atoms with Gasteiger partial charge in [-0.3, -0.25) is 0 Å². The fraction of sp³-hybridized carbons (Fsp3) is 0.647. The Hall–Kier alpha value is -1.26. The summed E-state index contributed by atoms with van der Waals surface area (Å²) in [4.78, 5) is 2.29. The quantitative estimate of drug-likeness (QED) is 0.874. The van der Waals surface area contributed by atoms with Crippen molar-refractivity contribution >= 4 is 0 Å². The number of aliphatic hydroxyl groups excluding tert-OH is 1. The number of piperidine rings is 1. The lowest BCUT2D eigenvalue weighted by atomic mass is 9.89. The molecule has 1 aliphatic heterocycles. The summed E-state index contributed by atoms with van der Waals surface area (Å²) in [6.45, 7) is 4.70. The number of benzene rings is 1. The SMILES string of the molecule is CCCOc1ccc(CC2CN(C)CCC2O)cc1OC. The number of aliphatic hydroxyl groups is 1. The van der Waals surface area contributed by atoms with E-state index in [0.29, 0.717) is 6.61 Å². The van der Waals surface area contributed by atoms with Crippen LogP contribution in [0.3, 0.4) is 0 Å². The van der Waals surface area contributed by atoms with Crippen LogP contribution < -0.4 is 9.47 Å². The van der Waals surface area contributed by atoms with Gasteiger partial charge in [0, 0.05) is 19.0 Å². The van der Waals surface area contributed by atoms with E-state index in [-0.39, 0.29) is 12.0 Å². The fourth-order valence-electron chi connectivity index (χ4n) is 2.88. The normalized spacial score (nSPS) is 23.0. The van der Waals surface area contributed by atoms with Crippen LogP contribution in [-0.4, -0.2) is 50.0 Å². The Morgan fingerprint density at radius 2 is 2.14 bits per heavy atom. The third-order valence-corrected chi connectivity index (χ3v) is 4.08. The second-order valence-corrected chi connectivity index (χ2v) is 5.92. The van der Waals surface area contributed by atoms with Crippen LogP contribution >= 0.6 is 0 Å². The summed E-state index contributed by atoms with van der Waals surface area (Å²) in [6, 6.07) is 6.09. The summed E-state index contributed by atoms with van der Waals surface area (Å²) in [5, 5.41) is 10.2. The van der Waals surface area contributed by atoms with E-state index in [2.05, 4.69) is 24.9 Å². The summed E-state index contributed by atoms with van der Waals surface area (Å²) < 4.78 is 11.1. The van der Waals surface area contributed by atoms with Crippen molar-refractivity contribution in [3.63, 3.8) is 0 Å². The summed E-state index contributed by atoms with van der Waals surface area (Å²) in [6.07, 6.45) is 2.50. The highest BCUT2D eigenvalue weighted by molar-refractivity contribution is 5.43. The molecule has 1 heterocycles. The highest BCUT2D eigenvalue weighted by Crippen LogP contribution is 2.30. The van der Waals surface area contributed by atoms with Crippen LogP contribution in [0, 0.1) is 5.92 Å². The molecule has 0 bridgehead atoms. The molecule has 1 N–H and O–H groups in total. The molecule has 1 saturated heterocycles. The molecule has 1 aromatic carbocycles. The van der Waals surface area contributed by atoms with E-state index in [1.807, 2.05) is 12.1 Å².